The summed E-state index contributed by atoms with van der Waals surface area (Å²) in [5.74, 6) is 7.16. The third kappa shape index (κ3) is 4.52. The highest BCUT2D eigenvalue weighted by atomic mass is 16.5. The van der Waals surface area contributed by atoms with E-state index in [4.69, 9.17) is 4.74 Å². The van der Waals surface area contributed by atoms with Crippen LogP contribution in [0.2, 0.25) is 0 Å². The van der Waals surface area contributed by atoms with E-state index in [0.29, 0.717) is 0 Å². The van der Waals surface area contributed by atoms with Crippen molar-refractivity contribution in [2.45, 2.75) is 26.4 Å². The number of ether oxygens (including phenoxy) is 1. The highest BCUT2D eigenvalue weighted by molar-refractivity contribution is 5.45. The standard InChI is InChI=1S/C18H18O/c1-18(2,3)19-17-11-7-10-16(14-17)13-12-15-8-5-4-6-9-15/h4-11,14H,1-3H3. The molecule has 0 atom stereocenters. The van der Waals surface area contributed by atoms with E-state index in [1.54, 1.807) is 0 Å². The number of benzene rings is 2. The molecule has 19 heavy (non-hydrogen) atoms. The molecule has 0 aliphatic carbocycles. The Hall–Kier alpha value is -2.20. The smallest absolute Gasteiger partial charge is 0.121 e. The van der Waals surface area contributed by atoms with Gasteiger partial charge in [-0.2, -0.15) is 0 Å². The lowest BCUT2D eigenvalue weighted by molar-refractivity contribution is 0.131. The van der Waals surface area contributed by atoms with Crippen molar-refractivity contribution in [3.05, 3.63) is 65.7 Å². The van der Waals surface area contributed by atoms with Crippen molar-refractivity contribution in [1.29, 1.82) is 0 Å². The highest BCUT2D eigenvalue weighted by Crippen LogP contribution is 2.18. The molecule has 0 saturated carbocycles. The van der Waals surface area contributed by atoms with E-state index in [9.17, 15) is 0 Å². The van der Waals surface area contributed by atoms with Gasteiger partial charge in [0.25, 0.3) is 0 Å². The largest absolute Gasteiger partial charge is 0.488 e. The van der Waals surface area contributed by atoms with Crippen molar-refractivity contribution in [2.75, 3.05) is 0 Å². The van der Waals surface area contributed by atoms with Gasteiger partial charge < -0.3 is 4.74 Å². The molecule has 0 N–H and O–H groups in total. The second-order valence-electron chi connectivity index (χ2n) is 5.36. The van der Waals surface area contributed by atoms with Crippen molar-refractivity contribution in [2.24, 2.45) is 0 Å². The van der Waals surface area contributed by atoms with Crippen LogP contribution in [0, 0.1) is 11.8 Å². The zero-order valence-electron chi connectivity index (χ0n) is 11.6. The van der Waals surface area contributed by atoms with Crippen molar-refractivity contribution >= 4 is 0 Å². The molecule has 0 aliphatic heterocycles. The summed E-state index contributed by atoms with van der Waals surface area (Å²) in [5, 5.41) is 0. The lowest BCUT2D eigenvalue weighted by Gasteiger charge is -2.21. The van der Waals surface area contributed by atoms with Crippen LogP contribution in [0.3, 0.4) is 0 Å². The van der Waals surface area contributed by atoms with Gasteiger partial charge in [0.15, 0.2) is 0 Å². The first kappa shape index (κ1) is 13.2. The summed E-state index contributed by atoms with van der Waals surface area (Å²) in [7, 11) is 0. The summed E-state index contributed by atoms with van der Waals surface area (Å²) in [4.78, 5) is 0. The zero-order valence-corrected chi connectivity index (χ0v) is 11.6. The van der Waals surface area contributed by atoms with Gasteiger partial charge in [0.05, 0.1) is 0 Å². The summed E-state index contributed by atoms with van der Waals surface area (Å²) in [5.41, 5.74) is 1.79. The molecule has 0 saturated heterocycles. The molecule has 96 valence electrons. The average molecular weight is 250 g/mol. The first-order valence-corrected chi connectivity index (χ1v) is 6.39. The zero-order chi connectivity index (χ0) is 13.7. The molecule has 2 aromatic carbocycles. The molecular weight excluding hydrogens is 232 g/mol. The van der Waals surface area contributed by atoms with E-state index in [-0.39, 0.29) is 5.60 Å². The van der Waals surface area contributed by atoms with Gasteiger partial charge >= 0.3 is 0 Å². The van der Waals surface area contributed by atoms with Crippen LogP contribution in [0.4, 0.5) is 0 Å². The normalized spacial score (nSPS) is 10.5. The topological polar surface area (TPSA) is 9.23 Å². The lowest BCUT2D eigenvalue weighted by atomic mass is 10.1. The predicted octanol–water partition coefficient (Wildman–Crippen LogP) is 4.26. The predicted molar refractivity (Wildman–Crippen MR) is 79.2 cm³/mol. The van der Waals surface area contributed by atoms with Gasteiger partial charge in [-0.1, -0.05) is 36.1 Å². The van der Waals surface area contributed by atoms with Crippen LogP contribution in [0.1, 0.15) is 31.9 Å². The van der Waals surface area contributed by atoms with Gasteiger partial charge in [-0.25, -0.2) is 0 Å². The minimum Gasteiger partial charge on any atom is -0.488 e. The Kier molecular flexibility index (Phi) is 3.92. The third-order valence-corrected chi connectivity index (χ3v) is 2.38. The molecule has 2 rings (SSSR count). The van der Waals surface area contributed by atoms with Crippen molar-refractivity contribution in [3.8, 4) is 17.6 Å². The fourth-order valence-electron chi connectivity index (χ4n) is 1.66. The first-order valence-electron chi connectivity index (χ1n) is 6.39. The van der Waals surface area contributed by atoms with Crippen molar-refractivity contribution < 1.29 is 4.74 Å². The van der Waals surface area contributed by atoms with Crippen molar-refractivity contribution in [3.63, 3.8) is 0 Å². The molecule has 0 aliphatic rings. The fourth-order valence-corrected chi connectivity index (χ4v) is 1.66. The molecule has 0 spiro atoms. The molecular formula is C18H18O. The van der Waals surface area contributed by atoms with Crippen LogP contribution >= 0.6 is 0 Å². The van der Waals surface area contributed by atoms with Gasteiger partial charge in [-0.05, 0) is 51.1 Å². The van der Waals surface area contributed by atoms with Crippen LogP contribution in [-0.4, -0.2) is 5.60 Å². The summed E-state index contributed by atoms with van der Waals surface area (Å²) < 4.78 is 5.83. The Morgan fingerprint density at radius 3 is 2.11 bits per heavy atom. The van der Waals surface area contributed by atoms with E-state index < -0.39 is 0 Å². The van der Waals surface area contributed by atoms with E-state index in [2.05, 4.69) is 11.8 Å². The van der Waals surface area contributed by atoms with Crippen LogP contribution in [-0.2, 0) is 0 Å². The molecule has 0 bridgehead atoms. The molecule has 0 aromatic heterocycles. The van der Waals surface area contributed by atoms with Crippen LogP contribution in [0.25, 0.3) is 0 Å². The Labute approximate surface area is 115 Å². The van der Waals surface area contributed by atoms with Gasteiger partial charge in [0.1, 0.15) is 11.4 Å². The van der Waals surface area contributed by atoms with Crippen LogP contribution in [0.15, 0.2) is 54.6 Å². The van der Waals surface area contributed by atoms with Gasteiger partial charge in [0, 0.05) is 11.1 Å². The maximum atomic E-state index is 5.83. The average Bonchev–Trinajstić information content (AvgIpc) is 2.36. The third-order valence-electron chi connectivity index (χ3n) is 2.38. The van der Waals surface area contributed by atoms with E-state index in [0.717, 1.165) is 16.9 Å². The summed E-state index contributed by atoms with van der Waals surface area (Å²) in [6.45, 7) is 6.11. The minimum absolute atomic E-state index is 0.189. The van der Waals surface area contributed by atoms with Gasteiger partial charge in [0.2, 0.25) is 0 Å². The molecule has 0 amide bonds. The Bertz CT molecular complexity index is 595. The quantitative estimate of drug-likeness (QED) is 0.687. The second kappa shape index (κ2) is 5.63. The SMILES string of the molecule is CC(C)(C)Oc1cccc(C#Cc2ccccc2)c1. The number of hydrogen-bond donors (Lipinski definition) is 0. The minimum atomic E-state index is -0.189. The Morgan fingerprint density at radius 1 is 0.789 bits per heavy atom. The Morgan fingerprint density at radius 2 is 1.42 bits per heavy atom. The summed E-state index contributed by atoms with van der Waals surface area (Å²) in [6.07, 6.45) is 0. The molecule has 0 fully saturated rings. The molecule has 0 radical (unpaired) electrons. The summed E-state index contributed by atoms with van der Waals surface area (Å²) >= 11 is 0. The fraction of sp³-hybridized carbons (Fsp3) is 0.222. The first-order chi connectivity index (χ1) is 9.03. The number of rotatable bonds is 1. The van der Waals surface area contributed by atoms with Gasteiger partial charge in [-0.3, -0.25) is 0 Å². The highest BCUT2D eigenvalue weighted by Gasteiger charge is 2.11. The van der Waals surface area contributed by atoms with E-state index in [1.165, 1.54) is 0 Å². The Balaban J connectivity index is 2.18. The van der Waals surface area contributed by atoms with E-state index >= 15 is 0 Å². The van der Waals surface area contributed by atoms with Gasteiger partial charge in [-0.15, -0.1) is 0 Å². The second-order valence-corrected chi connectivity index (χ2v) is 5.36. The molecule has 1 heteroatoms. The molecule has 1 nitrogen and oxygen atoms in total. The summed E-state index contributed by atoms with van der Waals surface area (Å²) in [6, 6.07) is 17.9. The number of hydrogen-bond acceptors (Lipinski definition) is 1. The van der Waals surface area contributed by atoms with Crippen molar-refractivity contribution in [1.82, 2.24) is 0 Å². The maximum Gasteiger partial charge on any atom is 0.121 e. The maximum absolute atomic E-state index is 5.83. The molecule has 0 unspecified atom stereocenters. The molecule has 2 aromatic rings. The van der Waals surface area contributed by atoms with Crippen LogP contribution in [0.5, 0.6) is 5.75 Å². The lowest BCUT2D eigenvalue weighted by Crippen LogP contribution is -2.22. The molecule has 0 heterocycles. The van der Waals surface area contributed by atoms with E-state index in [1.807, 2.05) is 75.4 Å². The van der Waals surface area contributed by atoms with Crippen LogP contribution < -0.4 is 4.74 Å². The monoisotopic (exact) mass is 250 g/mol.